The molecule has 2 aromatic rings. The summed E-state index contributed by atoms with van der Waals surface area (Å²) in [5.41, 5.74) is 14.7. The Bertz CT molecular complexity index is 682. The minimum absolute atomic E-state index is 0.246. The molecule has 108 valence electrons. The SMILES string of the molecule is Nc1nc(N)c2c(n1)CCC(C(Cl)=Cc1ccccc1)C2. The van der Waals surface area contributed by atoms with Gasteiger partial charge < -0.3 is 11.5 Å². The van der Waals surface area contributed by atoms with Gasteiger partial charge in [0.1, 0.15) is 5.82 Å². The van der Waals surface area contributed by atoms with Crippen LogP contribution in [-0.2, 0) is 12.8 Å². The van der Waals surface area contributed by atoms with Crippen LogP contribution in [0.15, 0.2) is 35.4 Å². The Kier molecular flexibility index (Phi) is 3.80. The third kappa shape index (κ3) is 3.00. The number of aromatic nitrogens is 2. The molecule has 1 aliphatic rings. The first-order chi connectivity index (χ1) is 10.1. The number of hydrogen-bond acceptors (Lipinski definition) is 4. The van der Waals surface area contributed by atoms with Gasteiger partial charge in [0.2, 0.25) is 5.95 Å². The highest BCUT2D eigenvalue weighted by Gasteiger charge is 2.24. The van der Waals surface area contributed by atoms with Crippen LogP contribution in [0.4, 0.5) is 11.8 Å². The van der Waals surface area contributed by atoms with Crippen molar-refractivity contribution in [2.24, 2.45) is 5.92 Å². The molecule has 0 radical (unpaired) electrons. The van der Waals surface area contributed by atoms with Crippen LogP contribution in [0.5, 0.6) is 0 Å². The van der Waals surface area contributed by atoms with Crippen molar-refractivity contribution >= 4 is 29.4 Å². The van der Waals surface area contributed by atoms with E-state index in [2.05, 4.69) is 9.97 Å². The predicted molar refractivity (Wildman–Crippen MR) is 86.6 cm³/mol. The lowest BCUT2D eigenvalue weighted by Gasteiger charge is -2.24. The van der Waals surface area contributed by atoms with Gasteiger partial charge in [-0.25, -0.2) is 4.98 Å². The molecule has 4 N–H and O–H groups in total. The van der Waals surface area contributed by atoms with Crippen molar-refractivity contribution in [1.29, 1.82) is 0 Å². The molecule has 0 spiro atoms. The van der Waals surface area contributed by atoms with Gasteiger partial charge in [0.05, 0.1) is 5.69 Å². The van der Waals surface area contributed by atoms with Crippen LogP contribution in [-0.4, -0.2) is 9.97 Å². The molecule has 1 aliphatic carbocycles. The largest absolute Gasteiger partial charge is 0.383 e. The minimum atomic E-state index is 0.246. The first-order valence-corrected chi connectivity index (χ1v) is 7.34. The van der Waals surface area contributed by atoms with Crippen molar-refractivity contribution in [2.45, 2.75) is 19.3 Å². The van der Waals surface area contributed by atoms with Gasteiger partial charge in [0.15, 0.2) is 0 Å². The van der Waals surface area contributed by atoms with Gasteiger partial charge in [0, 0.05) is 10.6 Å². The lowest BCUT2D eigenvalue weighted by molar-refractivity contribution is 0.537. The Morgan fingerprint density at radius 1 is 1.19 bits per heavy atom. The fourth-order valence-electron chi connectivity index (χ4n) is 2.72. The number of rotatable bonds is 2. The zero-order chi connectivity index (χ0) is 14.8. The number of nitrogens with zero attached hydrogens (tertiary/aromatic N) is 2. The summed E-state index contributed by atoms with van der Waals surface area (Å²) in [5, 5.41) is 0.850. The van der Waals surface area contributed by atoms with E-state index < -0.39 is 0 Å². The Morgan fingerprint density at radius 3 is 2.71 bits per heavy atom. The van der Waals surface area contributed by atoms with Gasteiger partial charge in [-0.1, -0.05) is 41.9 Å². The Hall–Kier alpha value is -2.07. The van der Waals surface area contributed by atoms with Crippen molar-refractivity contribution in [3.05, 3.63) is 52.2 Å². The maximum Gasteiger partial charge on any atom is 0.222 e. The molecule has 3 rings (SSSR count). The van der Waals surface area contributed by atoms with Gasteiger partial charge in [-0.15, -0.1) is 0 Å². The standard InChI is InChI=1S/C16H17ClN4/c17-13(8-10-4-2-1-3-5-10)11-6-7-14-12(9-11)15(18)21-16(19)20-14/h1-5,8,11H,6-7,9H2,(H4,18,19,20,21). The van der Waals surface area contributed by atoms with Gasteiger partial charge in [0.25, 0.3) is 0 Å². The van der Waals surface area contributed by atoms with E-state index in [-0.39, 0.29) is 11.9 Å². The fourth-order valence-corrected chi connectivity index (χ4v) is 3.03. The molecule has 0 saturated heterocycles. The number of fused-ring (bicyclic) bond motifs is 1. The zero-order valence-electron chi connectivity index (χ0n) is 11.6. The van der Waals surface area contributed by atoms with E-state index in [0.717, 1.165) is 41.1 Å². The van der Waals surface area contributed by atoms with E-state index in [1.165, 1.54) is 0 Å². The summed E-state index contributed by atoms with van der Waals surface area (Å²) < 4.78 is 0. The Morgan fingerprint density at radius 2 is 1.95 bits per heavy atom. The highest BCUT2D eigenvalue weighted by Crippen LogP contribution is 2.34. The third-order valence-electron chi connectivity index (χ3n) is 3.82. The molecular formula is C16H17ClN4. The molecule has 1 unspecified atom stereocenters. The number of anilines is 2. The molecule has 0 fully saturated rings. The molecule has 1 atom stereocenters. The van der Waals surface area contributed by atoms with Crippen LogP contribution in [0.2, 0.25) is 0 Å². The van der Waals surface area contributed by atoms with Crippen LogP contribution in [0.3, 0.4) is 0 Å². The molecule has 0 bridgehead atoms. The van der Waals surface area contributed by atoms with Crippen molar-refractivity contribution in [3.8, 4) is 0 Å². The van der Waals surface area contributed by atoms with E-state index in [9.17, 15) is 0 Å². The molecule has 4 nitrogen and oxygen atoms in total. The second-order valence-corrected chi connectivity index (χ2v) is 5.71. The molecule has 0 amide bonds. The van der Waals surface area contributed by atoms with E-state index in [4.69, 9.17) is 23.1 Å². The van der Waals surface area contributed by atoms with Gasteiger partial charge >= 0.3 is 0 Å². The molecule has 0 saturated carbocycles. The topological polar surface area (TPSA) is 77.8 Å². The minimum Gasteiger partial charge on any atom is -0.383 e. The van der Waals surface area contributed by atoms with Crippen LogP contribution in [0.1, 0.15) is 23.2 Å². The van der Waals surface area contributed by atoms with Crippen LogP contribution in [0, 0.1) is 5.92 Å². The van der Waals surface area contributed by atoms with Gasteiger partial charge in [-0.3, -0.25) is 0 Å². The number of allylic oxidation sites excluding steroid dienone is 1. The quantitative estimate of drug-likeness (QED) is 0.893. The highest BCUT2D eigenvalue weighted by molar-refractivity contribution is 6.31. The molecule has 0 aliphatic heterocycles. The maximum absolute atomic E-state index is 6.50. The second kappa shape index (κ2) is 5.74. The number of nitrogen functional groups attached to an aromatic ring is 2. The summed E-state index contributed by atoms with van der Waals surface area (Å²) in [6, 6.07) is 10.1. The van der Waals surface area contributed by atoms with E-state index >= 15 is 0 Å². The average Bonchev–Trinajstić information content (AvgIpc) is 2.47. The smallest absolute Gasteiger partial charge is 0.222 e. The number of nitrogens with two attached hydrogens (primary N) is 2. The van der Waals surface area contributed by atoms with Crippen LogP contribution in [0.25, 0.3) is 6.08 Å². The van der Waals surface area contributed by atoms with E-state index in [0.29, 0.717) is 5.82 Å². The number of halogens is 1. The summed E-state index contributed by atoms with van der Waals surface area (Å²) in [6.45, 7) is 0. The highest BCUT2D eigenvalue weighted by atomic mass is 35.5. The number of hydrogen-bond donors (Lipinski definition) is 2. The van der Waals surface area contributed by atoms with Crippen molar-refractivity contribution in [3.63, 3.8) is 0 Å². The molecule has 1 aromatic heterocycles. The third-order valence-corrected chi connectivity index (χ3v) is 4.23. The zero-order valence-corrected chi connectivity index (χ0v) is 12.3. The molecule has 1 heterocycles. The van der Waals surface area contributed by atoms with E-state index in [1.54, 1.807) is 0 Å². The van der Waals surface area contributed by atoms with Gasteiger partial charge in [-0.05, 0) is 36.8 Å². The number of benzene rings is 1. The Labute approximate surface area is 128 Å². The first-order valence-electron chi connectivity index (χ1n) is 6.96. The average molecular weight is 301 g/mol. The summed E-state index contributed by atoms with van der Waals surface area (Å²) in [5.74, 6) is 0.982. The molecular weight excluding hydrogens is 284 g/mol. The summed E-state index contributed by atoms with van der Waals surface area (Å²) in [6.07, 6.45) is 4.57. The van der Waals surface area contributed by atoms with Crippen LogP contribution < -0.4 is 11.5 Å². The first kappa shape index (κ1) is 13.9. The van der Waals surface area contributed by atoms with Crippen molar-refractivity contribution in [2.75, 3.05) is 11.5 Å². The lowest BCUT2D eigenvalue weighted by Crippen LogP contribution is -2.19. The van der Waals surface area contributed by atoms with E-state index in [1.807, 2.05) is 36.4 Å². The lowest BCUT2D eigenvalue weighted by atomic mass is 9.86. The summed E-state index contributed by atoms with van der Waals surface area (Å²) >= 11 is 6.50. The monoisotopic (exact) mass is 300 g/mol. The molecule has 1 aromatic carbocycles. The fraction of sp³-hybridized carbons (Fsp3) is 0.250. The maximum atomic E-state index is 6.50. The van der Waals surface area contributed by atoms with Crippen molar-refractivity contribution in [1.82, 2.24) is 9.97 Å². The van der Waals surface area contributed by atoms with Crippen LogP contribution >= 0.6 is 11.6 Å². The summed E-state index contributed by atoms with van der Waals surface area (Å²) in [4.78, 5) is 8.32. The summed E-state index contributed by atoms with van der Waals surface area (Å²) in [7, 11) is 0. The predicted octanol–water partition coefficient (Wildman–Crippen LogP) is 3.03. The molecule has 21 heavy (non-hydrogen) atoms. The molecule has 5 heteroatoms. The Balaban J connectivity index is 1.85. The second-order valence-electron chi connectivity index (χ2n) is 5.27. The number of aryl methyl sites for hydroxylation is 1. The normalized spacial score (nSPS) is 18.3. The van der Waals surface area contributed by atoms with Gasteiger partial charge in [-0.2, -0.15) is 4.98 Å². The van der Waals surface area contributed by atoms with Crippen molar-refractivity contribution < 1.29 is 0 Å².